The van der Waals surface area contributed by atoms with Crippen molar-refractivity contribution in [1.82, 2.24) is 0 Å². The summed E-state index contributed by atoms with van der Waals surface area (Å²) >= 11 is 0. The molecule has 0 heterocycles. The lowest BCUT2D eigenvalue weighted by molar-refractivity contribution is -0.168. The third-order valence-electron chi connectivity index (χ3n) is 1.56. The Morgan fingerprint density at radius 2 is 1.59 bits per heavy atom. The molecule has 0 radical (unpaired) electrons. The predicted octanol–water partition coefficient (Wildman–Crippen LogP) is 0.0461. The van der Waals surface area contributed by atoms with E-state index >= 15 is 0 Å². The second-order valence-corrected chi connectivity index (χ2v) is 3.15. The van der Waals surface area contributed by atoms with Crippen molar-refractivity contribution in [3.8, 4) is 12.3 Å². The molecule has 0 N–H and O–H groups in total. The van der Waals surface area contributed by atoms with Crippen LogP contribution in [-0.2, 0) is 28.6 Å². The van der Waals surface area contributed by atoms with E-state index in [4.69, 9.17) is 15.9 Å². The Balaban J connectivity index is 4.62. The first-order valence-electron chi connectivity index (χ1n) is 4.80. The van der Waals surface area contributed by atoms with Gasteiger partial charge in [0.25, 0.3) is 0 Å². The second kappa shape index (κ2) is 7.28. The highest BCUT2D eigenvalue weighted by Gasteiger charge is 2.26. The van der Waals surface area contributed by atoms with E-state index in [-0.39, 0.29) is 6.61 Å². The zero-order valence-corrected chi connectivity index (χ0v) is 9.89. The lowest BCUT2D eigenvalue weighted by atomic mass is 10.2. The van der Waals surface area contributed by atoms with Crippen molar-refractivity contribution in [2.75, 3.05) is 6.61 Å². The van der Waals surface area contributed by atoms with E-state index in [9.17, 15) is 14.4 Å². The molecule has 0 aliphatic heterocycles. The lowest BCUT2D eigenvalue weighted by Crippen LogP contribution is -2.37. The maximum Gasteiger partial charge on any atom is 0.304 e. The molecule has 2 unspecified atom stereocenters. The van der Waals surface area contributed by atoms with Crippen LogP contribution in [0.2, 0.25) is 0 Å². The van der Waals surface area contributed by atoms with E-state index in [1.807, 2.05) is 0 Å². The standard InChI is InChI=1S/C11H14O6/c1-5-10(16-8(3)13)11(17-9(4)14)6-15-7(2)12/h1,10-11H,6H2,2-4H3. The van der Waals surface area contributed by atoms with E-state index in [0.717, 1.165) is 0 Å². The molecule has 94 valence electrons. The van der Waals surface area contributed by atoms with Crippen LogP contribution in [0.5, 0.6) is 0 Å². The second-order valence-electron chi connectivity index (χ2n) is 3.15. The number of terminal acetylenes is 1. The lowest BCUT2D eigenvalue weighted by Gasteiger charge is -2.21. The molecule has 0 amide bonds. The Morgan fingerprint density at radius 1 is 1.06 bits per heavy atom. The van der Waals surface area contributed by atoms with Crippen molar-refractivity contribution in [2.24, 2.45) is 0 Å². The predicted molar refractivity (Wildman–Crippen MR) is 56.6 cm³/mol. The number of hydrogen-bond acceptors (Lipinski definition) is 6. The van der Waals surface area contributed by atoms with Gasteiger partial charge in [0.1, 0.15) is 6.61 Å². The fourth-order valence-electron chi connectivity index (χ4n) is 0.992. The zero-order valence-electron chi connectivity index (χ0n) is 9.89. The third-order valence-corrected chi connectivity index (χ3v) is 1.56. The van der Waals surface area contributed by atoms with Crippen LogP contribution in [0.25, 0.3) is 0 Å². The summed E-state index contributed by atoms with van der Waals surface area (Å²) in [6.45, 7) is 3.27. The molecule has 0 saturated carbocycles. The molecule has 0 aliphatic rings. The van der Waals surface area contributed by atoms with E-state index in [0.29, 0.717) is 0 Å². The smallest absolute Gasteiger partial charge is 0.304 e. The van der Waals surface area contributed by atoms with Gasteiger partial charge in [0.2, 0.25) is 6.10 Å². The van der Waals surface area contributed by atoms with Gasteiger partial charge in [0.15, 0.2) is 6.10 Å². The largest absolute Gasteiger partial charge is 0.462 e. The minimum Gasteiger partial charge on any atom is -0.462 e. The summed E-state index contributed by atoms with van der Waals surface area (Å²) in [6, 6.07) is 0. The van der Waals surface area contributed by atoms with Crippen LogP contribution in [0.4, 0.5) is 0 Å². The fourth-order valence-corrected chi connectivity index (χ4v) is 0.992. The van der Waals surface area contributed by atoms with Gasteiger partial charge in [0, 0.05) is 20.8 Å². The monoisotopic (exact) mass is 242 g/mol. The average molecular weight is 242 g/mol. The molecule has 0 aliphatic carbocycles. The normalized spacial score (nSPS) is 12.8. The number of ether oxygens (including phenoxy) is 3. The van der Waals surface area contributed by atoms with Gasteiger partial charge >= 0.3 is 17.9 Å². The molecule has 6 nitrogen and oxygen atoms in total. The minimum absolute atomic E-state index is 0.267. The Kier molecular flexibility index (Phi) is 6.41. The van der Waals surface area contributed by atoms with Crippen LogP contribution in [0.1, 0.15) is 20.8 Å². The van der Waals surface area contributed by atoms with Crippen molar-refractivity contribution in [3.05, 3.63) is 0 Å². The summed E-state index contributed by atoms with van der Waals surface area (Å²) in [6.07, 6.45) is 3.05. The molecule has 0 rings (SSSR count). The van der Waals surface area contributed by atoms with Gasteiger partial charge < -0.3 is 14.2 Å². The Bertz CT molecular complexity index is 340. The summed E-state index contributed by atoms with van der Waals surface area (Å²) in [4.78, 5) is 32.3. The molecule has 6 heteroatoms. The van der Waals surface area contributed by atoms with Crippen molar-refractivity contribution in [3.63, 3.8) is 0 Å². The van der Waals surface area contributed by atoms with Crippen LogP contribution in [0.3, 0.4) is 0 Å². The molecular formula is C11H14O6. The Hall–Kier alpha value is -2.03. The van der Waals surface area contributed by atoms with Crippen molar-refractivity contribution >= 4 is 17.9 Å². The fraction of sp³-hybridized carbons (Fsp3) is 0.545. The van der Waals surface area contributed by atoms with Gasteiger partial charge in [-0.15, -0.1) is 6.42 Å². The quantitative estimate of drug-likeness (QED) is 0.385. The summed E-state index contributed by atoms with van der Waals surface area (Å²) < 4.78 is 14.2. The van der Waals surface area contributed by atoms with Gasteiger partial charge in [-0.3, -0.25) is 14.4 Å². The van der Waals surface area contributed by atoms with Crippen LogP contribution in [-0.4, -0.2) is 36.7 Å². The van der Waals surface area contributed by atoms with Crippen molar-refractivity contribution in [2.45, 2.75) is 33.0 Å². The van der Waals surface area contributed by atoms with E-state index in [1.54, 1.807) is 0 Å². The maximum atomic E-state index is 10.8. The number of carbonyl (C=O) groups is 3. The highest BCUT2D eigenvalue weighted by molar-refractivity contribution is 5.68. The first-order chi connectivity index (χ1) is 7.86. The summed E-state index contributed by atoms with van der Waals surface area (Å²) in [7, 11) is 0. The molecule has 0 bridgehead atoms. The Labute approximate surface area is 99.2 Å². The molecule has 17 heavy (non-hydrogen) atoms. The maximum absolute atomic E-state index is 10.8. The minimum atomic E-state index is -1.09. The molecule has 0 spiro atoms. The first-order valence-corrected chi connectivity index (χ1v) is 4.80. The average Bonchev–Trinajstić information content (AvgIpc) is 2.20. The summed E-state index contributed by atoms with van der Waals surface area (Å²) in [5, 5.41) is 0. The van der Waals surface area contributed by atoms with Crippen LogP contribution in [0, 0.1) is 12.3 Å². The molecule has 0 saturated heterocycles. The van der Waals surface area contributed by atoms with E-state index < -0.39 is 30.1 Å². The first kappa shape index (κ1) is 15.0. The molecule has 0 fully saturated rings. The number of carbonyl (C=O) groups excluding carboxylic acids is 3. The van der Waals surface area contributed by atoms with Gasteiger partial charge in [-0.1, -0.05) is 5.92 Å². The molecule has 0 aromatic heterocycles. The molecular weight excluding hydrogens is 228 g/mol. The molecule has 0 aromatic carbocycles. The third kappa shape index (κ3) is 6.95. The van der Waals surface area contributed by atoms with Crippen molar-refractivity contribution < 1.29 is 28.6 Å². The van der Waals surface area contributed by atoms with E-state index in [2.05, 4.69) is 10.7 Å². The van der Waals surface area contributed by atoms with Crippen molar-refractivity contribution in [1.29, 1.82) is 0 Å². The van der Waals surface area contributed by atoms with Crippen LogP contribution >= 0.6 is 0 Å². The van der Waals surface area contributed by atoms with E-state index in [1.165, 1.54) is 20.8 Å². The number of rotatable bonds is 5. The SMILES string of the molecule is C#CC(OC(C)=O)C(COC(C)=O)OC(C)=O. The number of esters is 3. The highest BCUT2D eigenvalue weighted by Crippen LogP contribution is 2.06. The summed E-state index contributed by atoms with van der Waals surface area (Å²) in [5.41, 5.74) is 0. The molecule has 0 aromatic rings. The van der Waals surface area contributed by atoms with Gasteiger partial charge in [0.05, 0.1) is 0 Å². The van der Waals surface area contributed by atoms with Crippen LogP contribution in [0.15, 0.2) is 0 Å². The van der Waals surface area contributed by atoms with Gasteiger partial charge in [-0.05, 0) is 0 Å². The topological polar surface area (TPSA) is 78.9 Å². The highest BCUT2D eigenvalue weighted by atomic mass is 16.6. The van der Waals surface area contributed by atoms with Gasteiger partial charge in [-0.25, -0.2) is 0 Å². The molecule has 2 atom stereocenters. The number of hydrogen-bond donors (Lipinski definition) is 0. The van der Waals surface area contributed by atoms with Gasteiger partial charge in [-0.2, -0.15) is 0 Å². The Morgan fingerprint density at radius 3 is 1.94 bits per heavy atom. The van der Waals surface area contributed by atoms with Crippen LogP contribution < -0.4 is 0 Å². The zero-order chi connectivity index (χ0) is 13.4. The summed E-state index contributed by atoms with van der Waals surface area (Å²) in [5.74, 6) is 0.362.